The van der Waals surface area contributed by atoms with Gasteiger partial charge < -0.3 is 9.64 Å². The maximum atomic E-state index is 13.3. The molecule has 0 saturated carbocycles. The maximum absolute atomic E-state index is 13.3. The summed E-state index contributed by atoms with van der Waals surface area (Å²) in [6.45, 7) is 1.12. The van der Waals surface area contributed by atoms with Crippen LogP contribution in [-0.4, -0.2) is 45.0 Å². The molecule has 0 fully saturated rings. The van der Waals surface area contributed by atoms with E-state index in [1.165, 1.54) is 5.56 Å². The van der Waals surface area contributed by atoms with Crippen molar-refractivity contribution in [1.82, 2.24) is 25.5 Å². The molecule has 0 aliphatic rings. The van der Waals surface area contributed by atoms with Crippen molar-refractivity contribution in [3.8, 4) is 5.75 Å². The van der Waals surface area contributed by atoms with E-state index in [9.17, 15) is 4.79 Å². The second-order valence-corrected chi connectivity index (χ2v) is 9.15. The number of fused-ring (bicyclic) bond motifs is 1. The Labute approximate surface area is 221 Å². The average Bonchev–Trinajstić information content (AvgIpc) is 3.49. The Morgan fingerprint density at radius 2 is 1.66 bits per heavy atom. The Morgan fingerprint density at radius 1 is 0.895 bits per heavy atom. The minimum atomic E-state index is 0.0680. The van der Waals surface area contributed by atoms with Gasteiger partial charge in [0.2, 0.25) is 5.91 Å². The van der Waals surface area contributed by atoms with Crippen LogP contribution in [0.4, 0.5) is 0 Å². The summed E-state index contributed by atoms with van der Waals surface area (Å²) >= 11 is 0. The van der Waals surface area contributed by atoms with E-state index < -0.39 is 0 Å². The summed E-state index contributed by atoms with van der Waals surface area (Å²) in [5, 5.41) is 15.9. The zero-order valence-electron chi connectivity index (χ0n) is 21.2. The molecule has 1 amide bonds. The Kier molecular flexibility index (Phi) is 7.84. The highest BCUT2D eigenvalue weighted by atomic mass is 16.5. The number of ether oxygens (including phenoxy) is 1. The third kappa shape index (κ3) is 6.31. The third-order valence-electron chi connectivity index (χ3n) is 6.44. The van der Waals surface area contributed by atoms with Crippen LogP contribution in [0.5, 0.6) is 5.75 Å². The van der Waals surface area contributed by atoms with E-state index in [1.54, 1.807) is 4.90 Å². The normalized spacial score (nSPS) is 11.2. The number of hydrogen-bond acceptors (Lipinski definition) is 5. The molecular formula is C31H29N5O2. The molecule has 0 unspecified atom stereocenters. The van der Waals surface area contributed by atoms with Crippen molar-refractivity contribution >= 4 is 28.8 Å². The number of carbonyl (C=O) groups is 1. The standard InChI is InChI=1S/C31H29N5O2/c1-36(18-17-23-9-4-2-5-10-23)31(37)21-26-19-25(15-16-30-32-34-35-33-30)20-28-27(26)13-8-14-29(28)38-22-24-11-6-3-7-12-24/h2-16,19-20H,17-18,21-22H2,1H3,(H,32,33,34,35)/b16-15+. The van der Waals surface area contributed by atoms with Crippen LogP contribution in [0.3, 0.4) is 0 Å². The van der Waals surface area contributed by atoms with Crippen LogP contribution in [0.2, 0.25) is 0 Å². The second-order valence-electron chi connectivity index (χ2n) is 9.15. The SMILES string of the molecule is CN(CCc1ccccc1)C(=O)Cc1cc(/C=C/c2nnn[nH]2)cc2c(OCc3ccccc3)cccc12. The summed E-state index contributed by atoms with van der Waals surface area (Å²) in [5.41, 5.74) is 4.18. The summed E-state index contributed by atoms with van der Waals surface area (Å²) in [4.78, 5) is 15.1. The fourth-order valence-corrected chi connectivity index (χ4v) is 4.34. The van der Waals surface area contributed by atoms with Crippen LogP contribution in [0.25, 0.3) is 22.9 Å². The summed E-state index contributed by atoms with van der Waals surface area (Å²) < 4.78 is 6.25. The number of hydrogen-bond donors (Lipinski definition) is 1. The Morgan fingerprint density at radius 3 is 2.39 bits per heavy atom. The van der Waals surface area contributed by atoms with Crippen molar-refractivity contribution in [2.24, 2.45) is 0 Å². The molecule has 0 atom stereocenters. The summed E-state index contributed by atoms with van der Waals surface area (Å²) in [6.07, 6.45) is 4.85. The fourth-order valence-electron chi connectivity index (χ4n) is 4.34. The molecule has 5 aromatic rings. The predicted molar refractivity (Wildman–Crippen MR) is 149 cm³/mol. The molecule has 5 rings (SSSR count). The van der Waals surface area contributed by atoms with E-state index in [1.807, 2.05) is 92.0 Å². The smallest absolute Gasteiger partial charge is 0.226 e. The molecule has 0 radical (unpaired) electrons. The zero-order valence-corrected chi connectivity index (χ0v) is 21.2. The molecule has 1 heterocycles. The third-order valence-corrected chi connectivity index (χ3v) is 6.44. The number of nitrogens with one attached hydrogen (secondary N) is 1. The first-order chi connectivity index (χ1) is 18.7. The van der Waals surface area contributed by atoms with Gasteiger partial charge in [0.15, 0.2) is 5.82 Å². The fraction of sp³-hybridized carbons (Fsp3) is 0.161. The lowest BCUT2D eigenvalue weighted by Crippen LogP contribution is -2.30. The van der Waals surface area contributed by atoms with E-state index in [4.69, 9.17) is 4.74 Å². The summed E-state index contributed by atoms with van der Waals surface area (Å²) in [5.74, 6) is 1.39. The average molecular weight is 504 g/mol. The largest absolute Gasteiger partial charge is 0.488 e. The number of H-pyrrole nitrogens is 1. The lowest BCUT2D eigenvalue weighted by Gasteiger charge is -2.19. The first-order valence-electron chi connectivity index (χ1n) is 12.6. The van der Waals surface area contributed by atoms with Gasteiger partial charge in [0.1, 0.15) is 12.4 Å². The van der Waals surface area contributed by atoms with Crippen molar-refractivity contribution < 1.29 is 9.53 Å². The first-order valence-corrected chi connectivity index (χ1v) is 12.6. The van der Waals surface area contributed by atoms with Gasteiger partial charge in [-0.15, -0.1) is 5.10 Å². The highest BCUT2D eigenvalue weighted by Gasteiger charge is 2.15. The summed E-state index contributed by atoms with van der Waals surface area (Å²) in [6, 6.07) is 30.4. The molecule has 0 spiro atoms. The van der Waals surface area contributed by atoms with Gasteiger partial charge in [-0.2, -0.15) is 0 Å². The molecule has 4 aromatic carbocycles. The molecule has 0 aliphatic heterocycles. The van der Waals surface area contributed by atoms with E-state index in [0.717, 1.165) is 39.6 Å². The number of rotatable bonds is 10. The van der Waals surface area contributed by atoms with Gasteiger partial charge in [-0.05, 0) is 62.7 Å². The van der Waals surface area contributed by atoms with Crippen LogP contribution in [0, 0.1) is 0 Å². The van der Waals surface area contributed by atoms with Crippen LogP contribution < -0.4 is 4.74 Å². The number of tetrazole rings is 1. The minimum absolute atomic E-state index is 0.0680. The zero-order chi connectivity index (χ0) is 26.2. The van der Waals surface area contributed by atoms with Gasteiger partial charge in [-0.3, -0.25) is 4.79 Å². The molecule has 7 nitrogen and oxygen atoms in total. The molecular weight excluding hydrogens is 474 g/mol. The molecule has 0 bridgehead atoms. The topological polar surface area (TPSA) is 84.0 Å². The molecule has 190 valence electrons. The quantitative estimate of drug-likeness (QED) is 0.278. The number of carbonyl (C=O) groups excluding carboxylic acids is 1. The van der Waals surface area contributed by atoms with Crippen LogP contribution in [0.15, 0.2) is 91.0 Å². The molecule has 7 heteroatoms. The molecule has 38 heavy (non-hydrogen) atoms. The lowest BCUT2D eigenvalue weighted by molar-refractivity contribution is -0.129. The van der Waals surface area contributed by atoms with Crippen molar-refractivity contribution in [3.05, 3.63) is 119 Å². The Bertz CT molecular complexity index is 1520. The van der Waals surface area contributed by atoms with Crippen molar-refractivity contribution in [2.75, 3.05) is 13.6 Å². The van der Waals surface area contributed by atoms with Crippen LogP contribution >= 0.6 is 0 Å². The predicted octanol–water partition coefficient (Wildman–Crippen LogP) is 5.35. The number of aromatic nitrogens is 4. The van der Waals surface area contributed by atoms with Crippen molar-refractivity contribution in [2.45, 2.75) is 19.4 Å². The number of aromatic amines is 1. The van der Waals surface area contributed by atoms with Gasteiger partial charge in [-0.1, -0.05) is 84.9 Å². The monoisotopic (exact) mass is 503 g/mol. The van der Waals surface area contributed by atoms with Crippen molar-refractivity contribution in [1.29, 1.82) is 0 Å². The van der Waals surface area contributed by atoms with E-state index in [2.05, 4.69) is 38.8 Å². The number of nitrogens with zero attached hydrogens (tertiary/aromatic N) is 4. The number of likely N-dealkylation sites (N-methyl/N-ethyl adjacent to an activating group) is 1. The van der Waals surface area contributed by atoms with Gasteiger partial charge in [0, 0.05) is 19.0 Å². The van der Waals surface area contributed by atoms with Gasteiger partial charge in [0.25, 0.3) is 0 Å². The lowest BCUT2D eigenvalue weighted by atomic mass is 9.97. The van der Waals surface area contributed by atoms with E-state index >= 15 is 0 Å². The maximum Gasteiger partial charge on any atom is 0.226 e. The van der Waals surface area contributed by atoms with E-state index in [0.29, 0.717) is 19.0 Å². The van der Waals surface area contributed by atoms with Gasteiger partial charge in [0.05, 0.1) is 6.42 Å². The van der Waals surface area contributed by atoms with Gasteiger partial charge >= 0.3 is 0 Å². The Balaban J connectivity index is 1.42. The molecule has 1 N–H and O–H groups in total. The molecule has 0 saturated heterocycles. The minimum Gasteiger partial charge on any atom is -0.488 e. The van der Waals surface area contributed by atoms with Crippen LogP contribution in [-0.2, 0) is 24.2 Å². The number of amides is 1. The summed E-state index contributed by atoms with van der Waals surface area (Å²) in [7, 11) is 1.86. The molecule has 0 aliphatic carbocycles. The molecule has 1 aromatic heterocycles. The second kappa shape index (κ2) is 12.0. The highest BCUT2D eigenvalue weighted by molar-refractivity contribution is 5.96. The number of benzene rings is 4. The van der Waals surface area contributed by atoms with E-state index in [-0.39, 0.29) is 12.3 Å². The highest BCUT2D eigenvalue weighted by Crippen LogP contribution is 2.31. The Hall–Kier alpha value is -4.78. The van der Waals surface area contributed by atoms with Crippen molar-refractivity contribution in [3.63, 3.8) is 0 Å². The first kappa shape index (κ1) is 24.9. The van der Waals surface area contributed by atoms with Gasteiger partial charge in [-0.25, -0.2) is 5.10 Å². The van der Waals surface area contributed by atoms with Crippen LogP contribution in [0.1, 0.15) is 28.1 Å².